The average Bonchev–Trinajstić information content (AvgIpc) is 3.24. The van der Waals surface area contributed by atoms with Gasteiger partial charge in [-0.1, -0.05) is 17.7 Å². The summed E-state index contributed by atoms with van der Waals surface area (Å²) < 4.78 is 16.4. The van der Waals surface area contributed by atoms with Gasteiger partial charge >= 0.3 is 0 Å². The van der Waals surface area contributed by atoms with Gasteiger partial charge in [0.15, 0.2) is 11.5 Å². The number of fused-ring (bicyclic) bond motifs is 1. The van der Waals surface area contributed by atoms with Gasteiger partial charge in [-0.05, 0) is 49.7 Å². The molecular formula is C20H17ClN2O4. The maximum Gasteiger partial charge on any atom is 0.231 e. The molecule has 7 heteroatoms. The van der Waals surface area contributed by atoms with E-state index in [1.54, 1.807) is 19.1 Å². The zero-order valence-electron chi connectivity index (χ0n) is 14.8. The van der Waals surface area contributed by atoms with Crippen molar-refractivity contribution in [1.82, 2.24) is 4.98 Å². The fourth-order valence-corrected chi connectivity index (χ4v) is 2.99. The summed E-state index contributed by atoms with van der Waals surface area (Å²) in [4.78, 5) is 16.9. The van der Waals surface area contributed by atoms with Crippen molar-refractivity contribution in [2.75, 3.05) is 12.1 Å². The summed E-state index contributed by atoms with van der Waals surface area (Å²) >= 11 is 6.00. The number of nitrogens with zero attached hydrogens (tertiary/aromatic N) is 1. The van der Waals surface area contributed by atoms with E-state index in [0.29, 0.717) is 39.6 Å². The number of anilines is 1. The van der Waals surface area contributed by atoms with Crippen molar-refractivity contribution in [2.45, 2.75) is 20.3 Å². The lowest BCUT2D eigenvalue weighted by Crippen LogP contribution is -2.15. The summed E-state index contributed by atoms with van der Waals surface area (Å²) in [5.41, 5.74) is 2.97. The number of benzene rings is 2. The van der Waals surface area contributed by atoms with Crippen molar-refractivity contribution >= 4 is 23.2 Å². The van der Waals surface area contributed by atoms with Gasteiger partial charge in [-0.15, -0.1) is 0 Å². The van der Waals surface area contributed by atoms with Crippen LogP contribution in [0.1, 0.15) is 17.0 Å². The number of oxazole rings is 1. The number of amides is 1. The molecule has 4 rings (SSSR count). The van der Waals surface area contributed by atoms with E-state index < -0.39 is 0 Å². The van der Waals surface area contributed by atoms with E-state index in [1.807, 2.05) is 31.2 Å². The minimum Gasteiger partial charge on any atom is -0.454 e. The first-order chi connectivity index (χ1) is 13.0. The van der Waals surface area contributed by atoms with Gasteiger partial charge in [0, 0.05) is 16.3 Å². The van der Waals surface area contributed by atoms with Crippen molar-refractivity contribution < 1.29 is 18.7 Å². The Balaban J connectivity index is 1.51. The maximum atomic E-state index is 12.4. The van der Waals surface area contributed by atoms with E-state index in [9.17, 15) is 4.79 Å². The molecule has 0 aliphatic carbocycles. The first-order valence-electron chi connectivity index (χ1n) is 8.42. The Bertz CT molecular complexity index is 1030. The monoisotopic (exact) mass is 384 g/mol. The highest BCUT2D eigenvalue weighted by Gasteiger charge is 2.19. The minimum absolute atomic E-state index is 0.103. The molecule has 2 heterocycles. The largest absolute Gasteiger partial charge is 0.454 e. The molecule has 3 aromatic rings. The van der Waals surface area contributed by atoms with Gasteiger partial charge in [0.2, 0.25) is 18.6 Å². The average molecular weight is 385 g/mol. The number of aryl methyl sites for hydroxylation is 2. The Labute approximate surface area is 161 Å². The molecule has 0 spiro atoms. The molecule has 1 aliphatic heterocycles. The zero-order chi connectivity index (χ0) is 19.0. The van der Waals surface area contributed by atoms with Crippen LogP contribution in [0.25, 0.3) is 11.5 Å². The highest BCUT2D eigenvalue weighted by Crippen LogP contribution is 2.36. The third-order valence-corrected chi connectivity index (χ3v) is 4.55. The molecule has 6 nitrogen and oxygen atoms in total. The second kappa shape index (κ2) is 6.96. The van der Waals surface area contributed by atoms with Gasteiger partial charge in [0.05, 0.1) is 12.1 Å². The molecule has 0 fully saturated rings. The summed E-state index contributed by atoms with van der Waals surface area (Å²) in [5, 5.41) is 3.44. The fraction of sp³-hybridized carbons (Fsp3) is 0.200. The number of rotatable bonds is 4. The van der Waals surface area contributed by atoms with Gasteiger partial charge in [-0.25, -0.2) is 4.98 Å². The van der Waals surface area contributed by atoms with E-state index in [4.69, 9.17) is 25.5 Å². The smallest absolute Gasteiger partial charge is 0.231 e. The van der Waals surface area contributed by atoms with Crippen molar-refractivity contribution in [3.05, 3.63) is 58.4 Å². The topological polar surface area (TPSA) is 73.6 Å². The van der Waals surface area contributed by atoms with Crippen LogP contribution in [0.3, 0.4) is 0 Å². The summed E-state index contributed by atoms with van der Waals surface area (Å²) in [5.74, 6) is 2.19. The lowest BCUT2D eigenvalue weighted by atomic mass is 10.2. The van der Waals surface area contributed by atoms with Gasteiger partial charge in [-0.2, -0.15) is 0 Å². The Kier molecular flexibility index (Phi) is 4.49. The van der Waals surface area contributed by atoms with Crippen LogP contribution < -0.4 is 14.8 Å². The van der Waals surface area contributed by atoms with E-state index in [2.05, 4.69) is 10.3 Å². The van der Waals surface area contributed by atoms with Crippen molar-refractivity contribution in [3.63, 3.8) is 0 Å². The molecule has 0 saturated carbocycles. The van der Waals surface area contributed by atoms with Gasteiger partial charge in [0.25, 0.3) is 0 Å². The Morgan fingerprint density at radius 2 is 1.96 bits per heavy atom. The molecule has 27 heavy (non-hydrogen) atoms. The standard InChI is InChI=1S/C20H17ClN2O4/c1-11-3-5-14(21)8-15(11)22-19(24)9-16-12(2)27-20(23-16)13-4-6-17-18(7-13)26-10-25-17/h3-8H,9-10H2,1-2H3,(H,22,24). The number of halogens is 1. The van der Waals surface area contributed by atoms with Crippen LogP contribution in [-0.2, 0) is 11.2 Å². The molecule has 1 aromatic heterocycles. The second-order valence-electron chi connectivity index (χ2n) is 6.27. The van der Waals surface area contributed by atoms with Crippen LogP contribution in [0.2, 0.25) is 5.02 Å². The fourth-order valence-electron chi connectivity index (χ4n) is 2.82. The molecule has 0 saturated heterocycles. The summed E-state index contributed by atoms with van der Waals surface area (Å²) in [6.45, 7) is 3.90. The van der Waals surface area contributed by atoms with E-state index >= 15 is 0 Å². The zero-order valence-corrected chi connectivity index (χ0v) is 15.6. The number of ether oxygens (including phenoxy) is 2. The molecule has 0 radical (unpaired) electrons. The van der Waals surface area contributed by atoms with Crippen molar-refractivity contribution in [3.8, 4) is 23.0 Å². The first kappa shape index (κ1) is 17.4. The molecule has 1 amide bonds. The highest BCUT2D eigenvalue weighted by atomic mass is 35.5. The third kappa shape index (κ3) is 3.61. The lowest BCUT2D eigenvalue weighted by molar-refractivity contribution is -0.115. The quantitative estimate of drug-likeness (QED) is 0.715. The Hall–Kier alpha value is -2.99. The lowest BCUT2D eigenvalue weighted by Gasteiger charge is -2.08. The number of nitrogens with one attached hydrogen (secondary N) is 1. The van der Waals surface area contributed by atoms with Crippen molar-refractivity contribution in [2.24, 2.45) is 0 Å². The summed E-state index contributed by atoms with van der Waals surface area (Å²) in [6.07, 6.45) is 0.103. The molecule has 1 N–H and O–H groups in total. The van der Waals surface area contributed by atoms with Crippen LogP contribution in [0.15, 0.2) is 40.8 Å². The van der Waals surface area contributed by atoms with Gasteiger partial charge in [0.1, 0.15) is 5.76 Å². The normalized spacial score (nSPS) is 12.3. The molecule has 0 atom stereocenters. The van der Waals surface area contributed by atoms with Crippen molar-refractivity contribution in [1.29, 1.82) is 0 Å². The first-order valence-corrected chi connectivity index (χ1v) is 8.80. The van der Waals surface area contributed by atoms with Crippen LogP contribution in [0.5, 0.6) is 11.5 Å². The predicted octanol–water partition coefficient (Wildman–Crippen LogP) is 4.52. The second-order valence-corrected chi connectivity index (χ2v) is 6.71. The SMILES string of the molecule is Cc1ccc(Cl)cc1NC(=O)Cc1nc(-c2ccc3c(c2)OCO3)oc1C. The van der Waals surface area contributed by atoms with Crippen LogP contribution in [0.4, 0.5) is 5.69 Å². The summed E-state index contributed by atoms with van der Waals surface area (Å²) in [7, 11) is 0. The number of aromatic nitrogens is 1. The number of hydrogen-bond donors (Lipinski definition) is 1. The Morgan fingerprint density at radius 3 is 2.81 bits per heavy atom. The van der Waals surface area contributed by atoms with Crippen LogP contribution >= 0.6 is 11.6 Å². The van der Waals surface area contributed by atoms with E-state index in [-0.39, 0.29) is 19.1 Å². The minimum atomic E-state index is -0.186. The summed E-state index contributed by atoms with van der Waals surface area (Å²) in [6, 6.07) is 10.8. The molecule has 1 aliphatic rings. The number of carbonyl (C=O) groups is 1. The molecular weight excluding hydrogens is 368 g/mol. The maximum absolute atomic E-state index is 12.4. The molecule has 138 valence electrons. The van der Waals surface area contributed by atoms with Gasteiger partial charge < -0.3 is 19.2 Å². The van der Waals surface area contributed by atoms with E-state index in [0.717, 1.165) is 11.1 Å². The molecule has 2 aromatic carbocycles. The number of hydrogen-bond acceptors (Lipinski definition) is 5. The molecule has 0 bridgehead atoms. The van der Waals surface area contributed by atoms with E-state index in [1.165, 1.54) is 0 Å². The predicted molar refractivity (Wildman–Crippen MR) is 101 cm³/mol. The third-order valence-electron chi connectivity index (χ3n) is 4.31. The highest BCUT2D eigenvalue weighted by molar-refractivity contribution is 6.31. The van der Waals surface area contributed by atoms with Crippen LogP contribution in [-0.4, -0.2) is 17.7 Å². The van der Waals surface area contributed by atoms with Crippen LogP contribution in [0, 0.1) is 13.8 Å². The number of carbonyl (C=O) groups excluding carboxylic acids is 1. The Morgan fingerprint density at radius 1 is 1.15 bits per heavy atom. The van der Waals surface area contributed by atoms with Gasteiger partial charge in [-0.3, -0.25) is 4.79 Å². The molecule has 0 unspecified atom stereocenters.